The molecule has 0 saturated heterocycles. The van der Waals surface area contributed by atoms with E-state index in [1.807, 2.05) is 23.5 Å². The zero-order valence-corrected chi connectivity index (χ0v) is 14.7. The molecule has 1 aromatic carbocycles. The summed E-state index contributed by atoms with van der Waals surface area (Å²) in [6.07, 6.45) is 3.64. The van der Waals surface area contributed by atoms with Crippen molar-refractivity contribution in [3.63, 3.8) is 0 Å². The van der Waals surface area contributed by atoms with Gasteiger partial charge in [-0.3, -0.25) is 0 Å². The fourth-order valence-electron chi connectivity index (χ4n) is 3.23. The number of ether oxygens (including phenoxy) is 3. The monoisotopic (exact) mass is 333 g/mol. The molecule has 1 N–H and O–H groups in total. The number of aryl methyl sites for hydroxylation is 1. The average Bonchev–Trinajstić information content (AvgIpc) is 3.08. The van der Waals surface area contributed by atoms with Crippen LogP contribution >= 0.6 is 11.3 Å². The highest BCUT2D eigenvalue weighted by molar-refractivity contribution is 7.10. The molecule has 23 heavy (non-hydrogen) atoms. The van der Waals surface area contributed by atoms with E-state index in [2.05, 4.69) is 16.8 Å². The van der Waals surface area contributed by atoms with Gasteiger partial charge < -0.3 is 19.5 Å². The van der Waals surface area contributed by atoms with Crippen molar-refractivity contribution in [2.75, 3.05) is 21.3 Å². The Morgan fingerprint density at radius 3 is 2.65 bits per heavy atom. The van der Waals surface area contributed by atoms with E-state index >= 15 is 0 Å². The average molecular weight is 333 g/mol. The number of nitrogens with one attached hydrogen (secondary N) is 1. The molecule has 0 aliphatic heterocycles. The molecule has 1 aliphatic carbocycles. The van der Waals surface area contributed by atoms with Crippen LogP contribution in [0.2, 0.25) is 0 Å². The Bertz CT molecular complexity index is 668. The molecule has 3 rings (SSSR count). The maximum Gasteiger partial charge on any atom is 0.203 e. The predicted octanol–water partition coefficient (Wildman–Crippen LogP) is 3.94. The number of methoxy groups -OCH3 is 3. The van der Waals surface area contributed by atoms with Crippen LogP contribution in [0.3, 0.4) is 0 Å². The SMILES string of the molecule is COc1ccc(CNC2CCCc3sccc32)c(OC)c1OC. The highest BCUT2D eigenvalue weighted by Gasteiger charge is 2.22. The van der Waals surface area contributed by atoms with Crippen molar-refractivity contribution in [3.8, 4) is 17.2 Å². The molecular formula is C18H23NO3S. The molecule has 124 valence electrons. The van der Waals surface area contributed by atoms with Crippen LogP contribution in [0.25, 0.3) is 0 Å². The van der Waals surface area contributed by atoms with Crippen LogP contribution in [0.4, 0.5) is 0 Å². The van der Waals surface area contributed by atoms with Gasteiger partial charge in [0, 0.05) is 23.0 Å². The van der Waals surface area contributed by atoms with Crippen molar-refractivity contribution < 1.29 is 14.2 Å². The topological polar surface area (TPSA) is 39.7 Å². The van der Waals surface area contributed by atoms with E-state index in [1.165, 1.54) is 29.7 Å². The lowest BCUT2D eigenvalue weighted by Crippen LogP contribution is -2.24. The van der Waals surface area contributed by atoms with E-state index < -0.39 is 0 Å². The third kappa shape index (κ3) is 3.16. The second-order valence-electron chi connectivity index (χ2n) is 5.62. The molecule has 1 heterocycles. The molecule has 4 nitrogen and oxygen atoms in total. The fourth-order valence-corrected chi connectivity index (χ4v) is 4.22. The van der Waals surface area contributed by atoms with Crippen molar-refractivity contribution in [2.45, 2.75) is 31.8 Å². The molecule has 1 atom stereocenters. The lowest BCUT2D eigenvalue weighted by molar-refractivity contribution is 0.320. The molecule has 0 radical (unpaired) electrons. The summed E-state index contributed by atoms with van der Waals surface area (Å²) in [6.45, 7) is 0.740. The van der Waals surface area contributed by atoms with Gasteiger partial charge in [-0.25, -0.2) is 0 Å². The van der Waals surface area contributed by atoms with Gasteiger partial charge >= 0.3 is 0 Å². The Balaban J connectivity index is 1.79. The Hall–Kier alpha value is -1.72. The number of hydrogen-bond acceptors (Lipinski definition) is 5. The molecule has 1 aliphatic rings. The molecule has 0 fully saturated rings. The van der Waals surface area contributed by atoms with Crippen LogP contribution in [0.5, 0.6) is 17.2 Å². The third-order valence-corrected chi connectivity index (χ3v) is 5.37. The minimum absolute atomic E-state index is 0.419. The number of thiophene rings is 1. The molecule has 2 aromatic rings. The molecule has 0 bridgehead atoms. The predicted molar refractivity (Wildman–Crippen MR) is 92.9 cm³/mol. The van der Waals surface area contributed by atoms with Gasteiger partial charge in [-0.05, 0) is 42.3 Å². The molecule has 5 heteroatoms. The van der Waals surface area contributed by atoms with E-state index in [-0.39, 0.29) is 0 Å². The summed E-state index contributed by atoms with van der Waals surface area (Å²) in [5, 5.41) is 5.87. The first-order chi connectivity index (χ1) is 11.3. The van der Waals surface area contributed by atoms with Crippen molar-refractivity contribution in [3.05, 3.63) is 39.6 Å². The summed E-state index contributed by atoms with van der Waals surface area (Å²) in [7, 11) is 4.93. The van der Waals surface area contributed by atoms with E-state index in [1.54, 1.807) is 21.3 Å². The zero-order valence-electron chi connectivity index (χ0n) is 13.8. The summed E-state index contributed by atoms with van der Waals surface area (Å²) < 4.78 is 16.4. The third-order valence-electron chi connectivity index (χ3n) is 4.38. The quantitative estimate of drug-likeness (QED) is 0.869. The Kier molecular flexibility index (Phi) is 5.08. The van der Waals surface area contributed by atoms with Gasteiger partial charge in [-0.15, -0.1) is 11.3 Å². The summed E-state index contributed by atoms with van der Waals surface area (Å²) in [5.74, 6) is 2.07. The Morgan fingerprint density at radius 1 is 1.09 bits per heavy atom. The van der Waals surface area contributed by atoms with Crippen molar-refractivity contribution in [2.24, 2.45) is 0 Å². The number of rotatable bonds is 6. The van der Waals surface area contributed by atoms with Crippen molar-refractivity contribution in [1.29, 1.82) is 0 Å². The highest BCUT2D eigenvalue weighted by atomic mass is 32.1. The smallest absolute Gasteiger partial charge is 0.203 e. The van der Waals surface area contributed by atoms with Crippen molar-refractivity contribution >= 4 is 11.3 Å². The standard InChI is InChI=1S/C18H23NO3S/c1-20-15-8-7-12(17(21-2)18(15)22-3)11-19-14-5-4-6-16-13(14)9-10-23-16/h7-10,14,19H,4-6,11H2,1-3H3. The fraction of sp³-hybridized carbons (Fsp3) is 0.444. The van der Waals surface area contributed by atoms with E-state index in [4.69, 9.17) is 14.2 Å². The van der Waals surface area contributed by atoms with Crippen LogP contribution in [0.1, 0.15) is 34.9 Å². The molecular weight excluding hydrogens is 310 g/mol. The van der Waals surface area contributed by atoms with Gasteiger partial charge in [0.25, 0.3) is 0 Å². The minimum atomic E-state index is 0.419. The molecule has 1 unspecified atom stereocenters. The largest absolute Gasteiger partial charge is 0.493 e. The maximum atomic E-state index is 5.56. The molecule has 0 amide bonds. The van der Waals surface area contributed by atoms with Gasteiger partial charge in [-0.2, -0.15) is 0 Å². The highest BCUT2D eigenvalue weighted by Crippen LogP contribution is 2.40. The molecule has 0 spiro atoms. The van der Waals surface area contributed by atoms with Crippen LogP contribution in [0, 0.1) is 0 Å². The second-order valence-corrected chi connectivity index (χ2v) is 6.62. The minimum Gasteiger partial charge on any atom is -0.493 e. The van der Waals surface area contributed by atoms with Gasteiger partial charge in [-0.1, -0.05) is 6.07 Å². The van der Waals surface area contributed by atoms with Gasteiger partial charge in [0.05, 0.1) is 21.3 Å². The summed E-state index contributed by atoms with van der Waals surface area (Å²) in [6, 6.07) is 6.63. The van der Waals surface area contributed by atoms with Gasteiger partial charge in [0.15, 0.2) is 11.5 Å². The van der Waals surface area contributed by atoms with E-state index in [9.17, 15) is 0 Å². The number of benzene rings is 1. The second kappa shape index (κ2) is 7.23. The van der Waals surface area contributed by atoms with Crippen LogP contribution in [0.15, 0.2) is 23.6 Å². The first-order valence-corrected chi connectivity index (χ1v) is 8.74. The normalized spacial score (nSPS) is 16.7. The zero-order chi connectivity index (χ0) is 16.2. The van der Waals surface area contributed by atoms with Gasteiger partial charge in [0.1, 0.15) is 0 Å². The summed E-state index contributed by atoms with van der Waals surface area (Å²) in [4.78, 5) is 1.52. The van der Waals surface area contributed by atoms with E-state index in [0.717, 1.165) is 17.9 Å². The van der Waals surface area contributed by atoms with Crippen LogP contribution in [-0.4, -0.2) is 21.3 Å². The Labute approximate surface area is 141 Å². The maximum absolute atomic E-state index is 5.56. The van der Waals surface area contributed by atoms with Crippen molar-refractivity contribution in [1.82, 2.24) is 5.32 Å². The summed E-state index contributed by atoms with van der Waals surface area (Å²) in [5.41, 5.74) is 2.54. The number of fused-ring (bicyclic) bond motifs is 1. The lowest BCUT2D eigenvalue weighted by Gasteiger charge is -2.24. The number of hydrogen-bond donors (Lipinski definition) is 1. The first kappa shape index (κ1) is 16.1. The lowest BCUT2D eigenvalue weighted by atomic mass is 9.94. The van der Waals surface area contributed by atoms with E-state index in [0.29, 0.717) is 17.5 Å². The summed E-state index contributed by atoms with van der Waals surface area (Å²) >= 11 is 1.87. The molecule has 1 aromatic heterocycles. The Morgan fingerprint density at radius 2 is 1.91 bits per heavy atom. The van der Waals surface area contributed by atoms with Crippen LogP contribution in [-0.2, 0) is 13.0 Å². The molecule has 0 saturated carbocycles. The first-order valence-electron chi connectivity index (χ1n) is 7.86. The van der Waals surface area contributed by atoms with Gasteiger partial charge in [0.2, 0.25) is 5.75 Å². The van der Waals surface area contributed by atoms with Crippen LogP contribution < -0.4 is 19.5 Å².